The molecule has 3 aromatic rings. The smallest absolute Gasteiger partial charge is 0.273 e. The highest BCUT2D eigenvalue weighted by molar-refractivity contribution is 5.98. The van der Waals surface area contributed by atoms with Crippen LogP contribution in [0, 0.1) is 23.0 Å². The number of ether oxygens (including phenoxy) is 2. The lowest BCUT2D eigenvalue weighted by Gasteiger charge is -2.19. The van der Waals surface area contributed by atoms with Crippen LogP contribution in [-0.4, -0.2) is 35.8 Å². The molecule has 1 aliphatic rings. The van der Waals surface area contributed by atoms with Gasteiger partial charge in [0.2, 0.25) is 6.79 Å². The first kappa shape index (κ1) is 25.4. The van der Waals surface area contributed by atoms with Crippen molar-refractivity contribution in [1.29, 1.82) is 0 Å². The molecular formula is C26H26N4O7. The maximum Gasteiger partial charge on any atom is 0.273 e. The van der Waals surface area contributed by atoms with Crippen molar-refractivity contribution in [2.75, 3.05) is 6.79 Å². The maximum atomic E-state index is 12.8. The molecule has 11 heteroatoms. The summed E-state index contributed by atoms with van der Waals surface area (Å²) in [4.78, 5) is 36.4. The van der Waals surface area contributed by atoms with Crippen LogP contribution in [0.1, 0.15) is 41.9 Å². The van der Waals surface area contributed by atoms with Crippen molar-refractivity contribution in [2.24, 2.45) is 11.0 Å². The Balaban J connectivity index is 1.41. The lowest BCUT2D eigenvalue weighted by molar-refractivity contribution is -0.385. The van der Waals surface area contributed by atoms with Gasteiger partial charge in [-0.3, -0.25) is 19.7 Å². The number of hydrogen-bond acceptors (Lipinski definition) is 8. The molecule has 2 N–H and O–H groups in total. The predicted octanol–water partition coefficient (Wildman–Crippen LogP) is 4.19. The molecule has 0 saturated heterocycles. The molecule has 1 aromatic heterocycles. The average Bonchev–Trinajstić information content (AvgIpc) is 3.52. The zero-order valence-electron chi connectivity index (χ0n) is 20.5. The van der Waals surface area contributed by atoms with Crippen LogP contribution in [0.15, 0.2) is 58.0 Å². The maximum absolute atomic E-state index is 12.8. The van der Waals surface area contributed by atoms with Gasteiger partial charge in [0, 0.05) is 22.8 Å². The second-order valence-electron chi connectivity index (χ2n) is 8.87. The minimum atomic E-state index is -0.824. The highest BCUT2D eigenvalue weighted by Crippen LogP contribution is 2.33. The molecule has 2 aromatic carbocycles. The largest absolute Gasteiger partial charge is 0.455 e. The van der Waals surface area contributed by atoms with E-state index in [1.165, 1.54) is 12.3 Å². The zero-order chi connectivity index (χ0) is 26.5. The normalized spacial score (nSPS) is 13.1. The number of hydrazone groups is 1. The lowest BCUT2D eigenvalue weighted by atomic mass is 10.0. The van der Waals surface area contributed by atoms with Crippen molar-refractivity contribution in [1.82, 2.24) is 10.7 Å². The number of fused-ring (bicyclic) bond motifs is 1. The zero-order valence-corrected chi connectivity index (χ0v) is 20.5. The van der Waals surface area contributed by atoms with Crippen LogP contribution in [0.4, 0.5) is 5.69 Å². The van der Waals surface area contributed by atoms with E-state index in [0.29, 0.717) is 46.1 Å². The fourth-order valence-electron chi connectivity index (χ4n) is 3.87. The van der Waals surface area contributed by atoms with Crippen molar-refractivity contribution in [3.8, 4) is 22.8 Å². The van der Waals surface area contributed by atoms with Gasteiger partial charge in [0.25, 0.3) is 17.5 Å². The minimum Gasteiger partial charge on any atom is -0.455 e. The van der Waals surface area contributed by atoms with Gasteiger partial charge in [-0.25, -0.2) is 5.43 Å². The number of benzene rings is 2. The van der Waals surface area contributed by atoms with Crippen LogP contribution in [0.5, 0.6) is 11.5 Å². The van der Waals surface area contributed by atoms with Crippen LogP contribution < -0.4 is 20.2 Å². The first-order chi connectivity index (χ1) is 17.7. The van der Waals surface area contributed by atoms with Gasteiger partial charge in [-0.2, -0.15) is 5.10 Å². The summed E-state index contributed by atoms with van der Waals surface area (Å²) in [5, 5.41) is 17.9. The summed E-state index contributed by atoms with van der Waals surface area (Å²) in [6, 6.07) is 12.0. The molecule has 192 valence electrons. The summed E-state index contributed by atoms with van der Waals surface area (Å²) in [6.07, 6.45) is 1.72. The van der Waals surface area contributed by atoms with Crippen LogP contribution in [0.25, 0.3) is 11.3 Å². The van der Waals surface area contributed by atoms with Crippen molar-refractivity contribution >= 4 is 23.7 Å². The topological polar surface area (TPSA) is 145 Å². The first-order valence-corrected chi connectivity index (χ1v) is 11.6. The Morgan fingerprint density at radius 1 is 1.14 bits per heavy atom. The number of furan rings is 1. The van der Waals surface area contributed by atoms with E-state index < -0.39 is 22.8 Å². The predicted molar refractivity (Wildman–Crippen MR) is 135 cm³/mol. The first-order valence-electron chi connectivity index (χ1n) is 11.6. The Kier molecular flexibility index (Phi) is 7.52. The second kappa shape index (κ2) is 10.9. The Morgan fingerprint density at radius 2 is 1.92 bits per heavy atom. The number of rotatable bonds is 9. The highest BCUT2D eigenvalue weighted by Gasteiger charge is 2.24. The highest BCUT2D eigenvalue weighted by atomic mass is 16.7. The number of amides is 2. The van der Waals surface area contributed by atoms with Gasteiger partial charge in [-0.05, 0) is 49.6 Å². The van der Waals surface area contributed by atoms with E-state index in [1.54, 1.807) is 49.4 Å². The Hall–Kier alpha value is -4.67. The van der Waals surface area contributed by atoms with Gasteiger partial charge in [-0.1, -0.05) is 26.0 Å². The molecule has 2 amide bonds. The minimum absolute atomic E-state index is 0.00429. The second-order valence-corrected chi connectivity index (χ2v) is 8.87. The van der Waals surface area contributed by atoms with Crippen LogP contribution in [0.2, 0.25) is 0 Å². The van der Waals surface area contributed by atoms with Crippen LogP contribution >= 0.6 is 0 Å². The summed E-state index contributed by atoms with van der Waals surface area (Å²) >= 11 is 0. The van der Waals surface area contributed by atoms with Gasteiger partial charge in [0.15, 0.2) is 11.5 Å². The monoisotopic (exact) mass is 506 g/mol. The molecule has 0 bridgehead atoms. The molecule has 1 aliphatic heterocycles. The molecule has 0 aliphatic carbocycles. The summed E-state index contributed by atoms with van der Waals surface area (Å²) in [7, 11) is 0. The van der Waals surface area contributed by atoms with E-state index in [9.17, 15) is 19.7 Å². The average molecular weight is 507 g/mol. The van der Waals surface area contributed by atoms with Gasteiger partial charge in [0.1, 0.15) is 17.6 Å². The van der Waals surface area contributed by atoms with E-state index in [1.807, 2.05) is 13.8 Å². The summed E-state index contributed by atoms with van der Waals surface area (Å²) in [5.41, 5.74) is 3.84. The molecule has 0 spiro atoms. The number of nitrogens with one attached hydrogen (secondary N) is 2. The van der Waals surface area contributed by atoms with Crippen molar-refractivity contribution in [3.63, 3.8) is 0 Å². The molecule has 0 radical (unpaired) electrons. The molecule has 4 rings (SSSR count). The number of nitrogens with zero attached hydrogens (tertiary/aromatic N) is 2. The quantitative estimate of drug-likeness (QED) is 0.251. The van der Waals surface area contributed by atoms with E-state index in [2.05, 4.69) is 15.8 Å². The van der Waals surface area contributed by atoms with E-state index in [0.717, 1.165) is 0 Å². The number of nitro benzene ring substituents is 1. The Morgan fingerprint density at radius 3 is 2.68 bits per heavy atom. The molecule has 0 unspecified atom stereocenters. The summed E-state index contributed by atoms with van der Waals surface area (Å²) in [5.74, 6) is 1.02. The molecule has 2 heterocycles. The third-order valence-electron chi connectivity index (χ3n) is 5.72. The third-order valence-corrected chi connectivity index (χ3v) is 5.72. The Bertz CT molecular complexity index is 1360. The van der Waals surface area contributed by atoms with Crippen molar-refractivity contribution < 1.29 is 28.4 Å². The standard InChI is InChI=1S/C26H26N4O7/c1-15(2)11-20(28-25(31)17-7-9-23-24(12-17)36-14-35-23)26(32)29-27-13-18-8-10-22(37-18)19-5-4-6-21(16(19)3)30(33)34/h4-10,12-13,15,20H,11,14H2,1-3H3,(H,28,31)(H,29,32)/b27-13-/t20-/m1/s1. The van der Waals surface area contributed by atoms with Crippen molar-refractivity contribution in [2.45, 2.75) is 33.2 Å². The van der Waals surface area contributed by atoms with Gasteiger partial charge >= 0.3 is 0 Å². The molecule has 0 saturated carbocycles. The molecule has 0 fully saturated rings. The number of carbonyl (C=O) groups is 2. The summed E-state index contributed by atoms with van der Waals surface area (Å²) in [6.45, 7) is 5.63. The van der Waals surface area contributed by atoms with Gasteiger partial charge < -0.3 is 19.2 Å². The van der Waals surface area contributed by atoms with Gasteiger partial charge in [0.05, 0.1) is 11.1 Å². The van der Waals surface area contributed by atoms with E-state index in [4.69, 9.17) is 13.9 Å². The molecule has 37 heavy (non-hydrogen) atoms. The number of carbonyl (C=O) groups excluding carboxylic acids is 2. The van der Waals surface area contributed by atoms with Gasteiger partial charge in [-0.15, -0.1) is 0 Å². The number of hydrogen-bond donors (Lipinski definition) is 2. The van der Waals surface area contributed by atoms with E-state index >= 15 is 0 Å². The fraction of sp³-hybridized carbons (Fsp3) is 0.269. The summed E-state index contributed by atoms with van der Waals surface area (Å²) < 4.78 is 16.3. The molecular weight excluding hydrogens is 480 g/mol. The van der Waals surface area contributed by atoms with Crippen LogP contribution in [0.3, 0.4) is 0 Å². The molecule has 11 nitrogen and oxygen atoms in total. The number of nitro groups is 1. The fourth-order valence-corrected chi connectivity index (χ4v) is 3.87. The van der Waals surface area contributed by atoms with Crippen molar-refractivity contribution in [3.05, 3.63) is 75.5 Å². The van der Waals surface area contributed by atoms with E-state index in [-0.39, 0.29) is 18.4 Å². The Labute approximate surface area is 212 Å². The lowest BCUT2D eigenvalue weighted by Crippen LogP contribution is -2.46. The molecule has 1 atom stereocenters. The third kappa shape index (κ3) is 5.95. The SMILES string of the molecule is Cc1c(-c2ccc(/C=N\NC(=O)[C@@H](CC(C)C)NC(=O)c3ccc4c(c3)OCO4)o2)cccc1[N+](=O)[O-]. The van der Waals surface area contributed by atoms with Crippen LogP contribution in [-0.2, 0) is 4.79 Å².